The summed E-state index contributed by atoms with van der Waals surface area (Å²) in [6.07, 6.45) is 2.08. The fraction of sp³-hybridized carbons (Fsp3) is 0.579. The number of benzene rings is 1. The minimum atomic E-state index is -0.304. The summed E-state index contributed by atoms with van der Waals surface area (Å²) >= 11 is 0. The van der Waals surface area contributed by atoms with Crippen LogP contribution in [0, 0.1) is 6.92 Å². The van der Waals surface area contributed by atoms with Crippen LogP contribution in [-0.2, 0) is 9.59 Å². The van der Waals surface area contributed by atoms with Crippen molar-refractivity contribution in [1.29, 1.82) is 0 Å². The summed E-state index contributed by atoms with van der Waals surface area (Å²) in [6, 6.07) is 7.81. The number of nitrogens with one attached hydrogen (secondary N) is 1. The van der Waals surface area contributed by atoms with E-state index >= 15 is 0 Å². The Morgan fingerprint density at radius 3 is 2.56 bits per heavy atom. The highest BCUT2D eigenvalue weighted by atomic mass is 16.5. The highest BCUT2D eigenvalue weighted by Gasteiger charge is 2.32. The first-order valence-corrected chi connectivity index (χ1v) is 9.12. The van der Waals surface area contributed by atoms with Gasteiger partial charge in [0, 0.05) is 39.1 Å². The van der Waals surface area contributed by atoms with Gasteiger partial charge in [-0.3, -0.25) is 14.5 Å². The van der Waals surface area contributed by atoms with Crippen LogP contribution in [0.2, 0.25) is 0 Å². The molecule has 2 saturated heterocycles. The number of hydrogen-bond donors (Lipinski definition) is 1. The summed E-state index contributed by atoms with van der Waals surface area (Å²) in [4.78, 5) is 27.9. The summed E-state index contributed by atoms with van der Waals surface area (Å²) < 4.78 is 5.76. The highest BCUT2D eigenvalue weighted by molar-refractivity contribution is 5.90. The molecule has 1 N–H and O–H groups in total. The fourth-order valence-corrected chi connectivity index (χ4v) is 3.32. The summed E-state index contributed by atoms with van der Waals surface area (Å²) in [5, 5.41) is 2.76. The van der Waals surface area contributed by atoms with Gasteiger partial charge in [0.25, 0.3) is 0 Å². The van der Waals surface area contributed by atoms with Crippen molar-refractivity contribution in [3.05, 3.63) is 29.8 Å². The maximum absolute atomic E-state index is 12.4. The minimum Gasteiger partial charge on any atom is -0.494 e. The number of ether oxygens (including phenoxy) is 1. The molecule has 2 aliphatic rings. The van der Waals surface area contributed by atoms with Crippen LogP contribution in [-0.4, -0.2) is 67.0 Å². The second-order valence-corrected chi connectivity index (χ2v) is 6.84. The lowest BCUT2D eigenvalue weighted by Crippen LogP contribution is -2.53. The molecule has 2 fully saturated rings. The topological polar surface area (TPSA) is 61.9 Å². The largest absolute Gasteiger partial charge is 0.494 e. The lowest BCUT2D eigenvalue weighted by atomic mass is 10.2. The third kappa shape index (κ3) is 4.95. The number of nitrogens with zero attached hydrogens (tertiary/aromatic N) is 2. The van der Waals surface area contributed by atoms with Gasteiger partial charge in [0.15, 0.2) is 0 Å². The monoisotopic (exact) mass is 345 g/mol. The van der Waals surface area contributed by atoms with Gasteiger partial charge in [-0.1, -0.05) is 17.7 Å². The second-order valence-electron chi connectivity index (χ2n) is 6.84. The average Bonchev–Trinajstić information content (AvgIpc) is 3.06. The van der Waals surface area contributed by atoms with E-state index in [1.54, 1.807) is 0 Å². The molecule has 0 aliphatic carbocycles. The molecule has 0 saturated carbocycles. The normalized spacial score (nSPS) is 21.2. The van der Waals surface area contributed by atoms with Crippen molar-refractivity contribution in [2.75, 3.05) is 39.3 Å². The Hall–Kier alpha value is -2.08. The van der Waals surface area contributed by atoms with Gasteiger partial charge in [-0.25, -0.2) is 0 Å². The number of rotatable bonds is 6. The Bertz CT molecular complexity index is 594. The molecule has 0 radical (unpaired) electrons. The van der Waals surface area contributed by atoms with Gasteiger partial charge in [0.2, 0.25) is 11.8 Å². The van der Waals surface area contributed by atoms with Crippen molar-refractivity contribution in [2.24, 2.45) is 0 Å². The first kappa shape index (κ1) is 17.7. The molecule has 1 aromatic rings. The maximum atomic E-state index is 12.4. The van der Waals surface area contributed by atoms with E-state index in [0.29, 0.717) is 19.4 Å². The van der Waals surface area contributed by atoms with Crippen LogP contribution in [0.3, 0.4) is 0 Å². The molecule has 1 unspecified atom stereocenters. The van der Waals surface area contributed by atoms with Crippen molar-refractivity contribution in [1.82, 2.24) is 15.1 Å². The fourth-order valence-electron chi connectivity index (χ4n) is 3.32. The van der Waals surface area contributed by atoms with Crippen LogP contribution < -0.4 is 10.1 Å². The lowest BCUT2D eigenvalue weighted by Gasteiger charge is -2.35. The summed E-state index contributed by atoms with van der Waals surface area (Å²) in [5.74, 6) is 0.985. The third-order valence-electron chi connectivity index (χ3n) is 4.89. The van der Waals surface area contributed by atoms with Gasteiger partial charge in [-0.2, -0.15) is 0 Å². The minimum absolute atomic E-state index is 0.00874. The second kappa shape index (κ2) is 8.34. The molecule has 136 valence electrons. The molecule has 2 amide bonds. The van der Waals surface area contributed by atoms with E-state index in [4.69, 9.17) is 4.74 Å². The van der Waals surface area contributed by atoms with Crippen LogP contribution in [0.25, 0.3) is 0 Å². The van der Waals surface area contributed by atoms with Gasteiger partial charge in [-0.05, 0) is 31.9 Å². The molecule has 2 aliphatic heterocycles. The Balaban J connectivity index is 1.32. The number of hydrogen-bond acceptors (Lipinski definition) is 4. The van der Waals surface area contributed by atoms with Gasteiger partial charge in [0.05, 0.1) is 6.61 Å². The lowest BCUT2D eigenvalue weighted by molar-refractivity contribution is -0.136. The van der Waals surface area contributed by atoms with Gasteiger partial charge < -0.3 is 15.0 Å². The molecule has 6 nitrogen and oxygen atoms in total. The van der Waals surface area contributed by atoms with Crippen LogP contribution in [0.4, 0.5) is 0 Å². The van der Waals surface area contributed by atoms with Gasteiger partial charge in [-0.15, -0.1) is 0 Å². The summed E-state index contributed by atoms with van der Waals surface area (Å²) in [7, 11) is 0. The van der Waals surface area contributed by atoms with E-state index in [-0.39, 0.29) is 17.9 Å². The maximum Gasteiger partial charge on any atom is 0.245 e. The SMILES string of the molecule is Cc1ccc(OCCCN2CCN(C(=O)C3CCC(=O)N3)CC2)cc1. The van der Waals surface area contributed by atoms with E-state index in [0.717, 1.165) is 44.9 Å². The average molecular weight is 345 g/mol. The Morgan fingerprint density at radius 2 is 1.92 bits per heavy atom. The quantitative estimate of drug-likeness (QED) is 0.787. The zero-order valence-corrected chi connectivity index (χ0v) is 14.9. The van der Waals surface area contributed by atoms with E-state index in [2.05, 4.69) is 29.3 Å². The van der Waals surface area contributed by atoms with E-state index in [1.165, 1.54) is 5.56 Å². The molecular formula is C19H27N3O3. The molecule has 0 aromatic heterocycles. The van der Waals surface area contributed by atoms with Crippen LogP contribution >= 0.6 is 0 Å². The van der Waals surface area contributed by atoms with Crippen molar-refractivity contribution >= 4 is 11.8 Å². The molecular weight excluding hydrogens is 318 g/mol. The number of amides is 2. The Kier molecular flexibility index (Phi) is 5.91. The molecule has 25 heavy (non-hydrogen) atoms. The van der Waals surface area contributed by atoms with Crippen molar-refractivity contribution < 1.29 is 14.3 Å². The van der Waals surface area contributed by atoms with Crippen molar-refractivity contribution in [3.63, 3.8) is 0 Å². The zero-order chi connectivity index (χ0) is 17.6. The first-order valence-electron chi connectivity index (χ1n) is 9.12. The van der Waals surface area contributed by atoms with E-state index in [1.807, 2.05) is 17.0 Å². The van der Waals surface area contributed by atoms with E-state index in [9.17, 15) is 9.59 Å². The molecule has 1 atom stereocenters. The third-order valence-corrected chi connectivity index (χ3v) is 4.89. The number of piperazine rings is 1. The standard InChI is InChI=1S/C19H27N3O3/c1-15-3-5-16(6-4-15)25-14-2-9-21-10-12-22(13-11-21)19(24)17-7-8-18(23)20-17/h3-6,17H,2,7-14H2,1H3,(H,20,23). The molecule has 1 aromatic carbocycles. The Labute approximate surface area is 149 Å². The molecule has 6 heteroatoms. The van der Waals surface area contributed by atoms with Crippen LogP contribution in [0.5, 0.6) is 5.75 Å². The smallest absolute Gasteiger partial charge is 0.245 e. The molecule has 3 rings (SSSR count). The Morgan fingerprint density at radius 1 is 1.20 bits per heavy atom. The zero-order valence-electron chi connectivity index (χ0n) is 14.9. The number of carbonyl (C=O) groups excluding carboxylic acids is 2. The van der Waals surface area contributed by atoms with Crippen molar-refractivity contribution in [2.45, 2.75) is 32.2 Å². The number of aryl methyl sites for hydroxylation is 1. The van der Waals surface area contributed by atoms with Crippen molar-refractivity contribution in [3.8, 4) is 5.75 Å². The van der Waals surface area contributed by atoms with Crippen LogP contribution in [0.1, 0.15) is 24.8 Å². The van der Waals surface area contributed by atoms with Crippen LogP contribution in [0.15, 0.2) is 24.3 Å². The van der Waals surface area contributed by atoms with E-state index < -0.39 is 0 Å². The number of carbonyl (C=O) groups is 2. The van der Waals surface area contributed by atoms with Gasteiger partial charge in [0.1, 0.15) is 11.8 Å². The summed E-state index contributed by atoms with van der Waals surface area (Å²) in [6.45, 7) is 7.00. The predicted molar refractivity (Wildman–Crippen MR) is 95.5 cm³/mol. The molecule has 0 spiro atoms. The highest BCUT2D eigenvalue weighted by Crippen LogP contribution is 2.13. The molecule has 2 heterocycles. The first-order chi connectivity index (χ1) is 12.1. The van der Waals surface area contributed by atoms with Gasteiger partial charge >= 0.3 is 0 Å². The summed E-state index contributed by atoms with van der Waals surface area (Å²) in [5.41, 5.74) is 1.23. The molecule has 0 bridgehead atoms. The predicted octanol–water partition coefficient (Wildman–Crippen LogP) is 1.19.